The van der Waals surface area contributed by atoms with Gasteiger partial charge in [-0.3, -0.25) is 10.1 Å². The molecule has 2 N–H and O–H groups in total. The van der Waals surface area contributed by atoms with Crippen molar-refractivity contribution in [2.24, 2.45) is 12.1 Å². The first kappa shape index (κ1) is 26.5. The third-order valence-electron chi connectivity index (χ3n) is 6.05. The van der Waals surface area contributed by atoms with Gasteiger partial charge in [0.1, 0.15) is 11.3 Å². The molecular formula is C28H21ClF3N5OS. The highest BCUT2D eigenvalue weighted by atomic mass is 35.5. The highest BCUT2D eigenvalue weighted by Crippen LogP contribution is 2.34. The number of hydrogen-bond acceptors (Lipinski definition) is 4. The first-order valence-electron chi connectivity index (χ1n) is 11.7. The van der Waals surface area contributed by atoms with Gasteiger partial charge in [-0.15, -0.1) is 13.2 Å². The summed E-state index contributed by atoms with van der Waals surface area (Å²) < 4.78 is 43.2. The van der Waals surface area contributed by atoms with Crippen molar-refractivity contribution >= 4 is 62.5 Å². The minimum Gasteiger partial charge on any atom is -0.406 e. The number of fused-ring (bicyclic) bond motifs is 3. The number of aryl methyl sites for hydroxylation is 2. The SMILES string of the molecule is Cc1cccc(Cl)c1NC(=S)NN=Cc1ccc2c(ccc3c(-c4ccc(OC(F)(F)F)cc4)n(C)nc32)c1. The van der Waals surface area contributed by atoms with Crippen LogP contribution in [0.1, 0.15) is 11.1 Å². The second kappa shape index (κ2) is 10.5. The van der Waals surface area contributed by atoms with Gasteiger partial charge in [-0.25, -0.2) is 0 Å². The van der Waals surface area contributed by atoms with E-state index in [1.165, 1.54) is 12.1 Å². The van der Waals surface area contributed by atoms with Gasteiger partial charge in [0.15, 0.2) is 5.11 Å². The molecule has 1 heterocycles. The van der Waals surface area contributed by atoms with Crippen LogP contribution >= 0.6 is 23.8 Å². The Bertz CT molecular complexity index is 1710. The van der Waals surface area contributed by atoms with Crippen LogP contribution in [0.25, 0.3) is 32.9 Å². The lowest BCUT2D eigenvalue weighted by molar-refractivity contribution is -0.274. The van der Waals surface area contributed by atoms with Gasteiger partial charge in [0.2, 0.25) is 0 Å². The van der Waals surface area contributed by atoms with Crippen molar-refractivity contribution in [3.63, 3.8) is 0 Å². The van der Waals surface area contributed by atoms with Gasteiger partial charge in [-0.05, 0) is 78.1 Å². The van der Waals surface area contributed by atoms with Crippen molar-refractivity contribution in [2.75, 3.05) is 5.32 Å². The molecule has 0 amide bonds. The molecule has 198 valence electrons. The largest absolute Gasteiger partial charge is 0.573 e. The Hall–Kier alpha value is -4.15. The van der Waals surface area contributed by atoms with Gasteiger partial charge in [0.25, 0.3) is 0 Å². The van der Waals surface area contributed by atoms with E-state index in [0.717, 1.165) is 49.7 Å². The number of alkyl halides is 3. The summed E-state index contributed by atoms with van der Waals surface area (Å²) >= 11 is 11.6. The Balaban J connectivity index is 1.36. The van der Waals surface area contributed by atoms with Crippen LogP contribution in [-0.2, 0) is 7.05 Å². The molecule has 39 heavy (non-hydrogen) atoms. The lowest BCUT2D eigenvalue weighted by Gasteiger charge is -2.11. The zero-order valence-electron chi connectivity index (χ0n) is 20.7. The Morgan fingerprint density at radius 2 is 1.79 bits per heavy atom. The minimum atomic E-state index is -4.74. The third kappa shape index (κ3) is 5.81. The molecule has 0 bridgehead atoms. The first-order valence-corrected chi connectivity index (χ1v) is 12.5. The van der Waals surface area contributed by atoms with E-state index in [0.29, 0.717) is 10.1 Å². The average molecular weight is 568 g/mol. The second-order valence-electron chi connectivity index (χ2n) is 8.74. The lowest BCUT2D eigenvalue weighted by Crippen LogP contribution is -2.24. The van der Waals surface area contributed by atoms with E-state index in [2.05, 4.69) is 20.6 Å². The quantitative estimate of drug-likeness (QED) is 0.130. The molecule has 0 fully saturated rings. The van der Waals surface area contributed by atoms with Crippen molar-refractivity contribution in [3.05, 3.63) is 88.9 Å². The van der Waals surface area contributed by atoms with Crippen molar-refractivity contribution in [3.8, 4) is 17.0 Å². The molecule has 11 heteroatoms. The smallest absolute Gasteiger partial charge is 0.406 e. The Kier molecular flexibility index (Phi) is 7.16. The van der Waals surface area contributed by atoms with Gasteiger partial charge in [0.05, 0.1) is 22.6 Å². The van der Waals surface area contributed by atoms with E-state index in [1.54, 1.807) is 36.1 Å². The highest BCUT2D eigenvalue weighted by molar-refractivity contribution is 7.80. The van der Waals surface area contributed by atoms with Crippen LogP contribution in [0.5, 0.6) is 5.75 Å². The Morgan fingerprint density at radius 3 is 2.51 bits per heavy atom. The number of hydrogen-bond donors (Lipinski definition) is 2. The maximum atomic E-state index is 12.5. The molecular weight excluding hydrogens is 547 g/mol. The summed E-state index contributed by atoms with van der Waals surface area (Å²) in [6.45, 7) is 1.93. The predicted molar refractivity (Wildman–Crippen MR) is 153 cm³/mol. The number of thiocarbonyl (C=S) groups is 1. The number of rotatable bonds is 5. The van der Waals surface area contributed by atoms with Crippen LogP contribution in [0.3, 0.4) is 0 Å². The summed E-state index contributed by atoms with van der Waals surface area (Å²) in [6, 6.07) is 21.1. The van der Waals surface area contributed by atoms with E-state index in [4.69, 9.17) is 28.9 Å². The molecule has 6 nitrogen and oxygen atoms in total. The average Bonchev–Trinajstić information content (AvgIpc) is 3.22. The van der Waals surface area contributed by atoms with Crippen molar-refractivity contribution in [2.45, 2.75) is 13.3 Å². The third-order valence-corrected chi connectivity index (χ3v) is 6.55. The predicted octanol–water partition coefficient (Wildman–Crippen LogP) is 7.57. The van der Waals surface area contributed by atoms with Gasteiger partial charge < -0.3 is 10.1 Å². The van der Waals surface area contributed by atoms with Crippen LogP contribution < -0.4 is 15.5 Å². The van der Waals surface area contributed by atoms with Gasteiger partial charge >= 0.3 is 6.36 Å². The Labute approximate surface area is 232 Å². The Morgan fingerprint density at radius 1 is 1.05 bits per heavy atom. The summed E-state index contributed by atoms with van der Waals surface area (Å²) in [5.74, 6) is -0.276. The summed E-state index contributed by atoms with van der Waals surface area (Å²) in [4.78, 5) is 0. The molecule has 0 spiro atoms. The number of nitrogens with one attached hydrogen (secondary N) is 2. The molecule has 5 aromatic rings. The van der Waals surface area contributed by atoms with Crippen LogP contribution in [0.15, 0.2) is 77.9 Å². The maximum absolute atomic E-state index is 12.5. The van der Waals surface area contributed by atoms with Crippen molar-refractivity contribution in [1.82, 2.24) is 15.2 Å². The number of anilines is 1. The lowest BCUT2D eigenvalue weighted by atomic mass is 10.0. The van der Waals surface area contributed by atoms with Crippen LogP contribution in [0.2, 0.25) is 5.02 Å². The molecule has 5 rings (SSSR count). The normalized spacial score (nSPS) is 11.8. The zero-order valence-corrected chi connectivity index (χ0v) is 22.2. The van der Waals surface area contributed by atoms with Crippen molar-refractivity contribution in [1.29, 1.82) is 0 Å². The van der Waals surface area contributed by atoms with Crippen LogP contribution in [0, 0.1) is 6.92 Å². The zero-order chi connectivity index (χ0) is 27.7. The fraction of sp³-hybridized carbons (Fsp3) is 0.107. The number of ether oxygens (including phenoxy) is 1. The molecule has 0 radical (unpaired) electrons. The van der Waals surface area contributed by atoms with E-state index >= 15 is 0 Å². The molecule has 0 atom stereocenters. The molecule has 0 saturated carbocycles. The monoisotopic (exact) mass is 567 g/mol. The van der Waals surface area contributed by atoms with Gasteiger partial charge in [-0.1, -0.05) is 41.9 Å². The molecule has 4 aromatic carbocycles. The minimum absolute atomic E-state index is 0.276. The summed E-state index contributed by atoms with van der Waals surface area (Å²) in [5, 5.41) is 15.6. The highest BCUT2D eigenvalue weighted by Gasteiger charge is 2.31. The van der Waals surface area contributed by atoms with Crippen LogP contribution in [-0.4, -0.2) is 27.5 Å². The molecule has 0 aliphatic carbocycles. The topological polar surface area (TPSA) is 63.5 Å². The number of hydrazone groups is 1. The fourth-order valence-corrected chi connectivity index (χ4v) is 4.76. The number of halogens is 4. The number of aromatic nitrogens is 2. The van der Waals surface area contributed by atoms with Crippen LogP contribution in [0.4, 0.5) is 18.9 Å². The summed E-state index contributed by atoms with van der Waals surface area (Å²) in [5.41, 5.74) is 7.62. The van der Waals surface area contributed by atoms with E-state index in [-0.39, 0.29) is 5.75 Å². The van der Waals surface area contributed by atoms with E-state index in [1.807, 2.05) is 49.4 Å². The molecule has 0 unspecified atom stereocenters. The summed E-state index contributed by atoms with van der Waals surface area (Å²) in [7, 11) is 1.80. The molecule has 0 aliphatic rings. The first-order chi connectivity index (χ1) is 18.6. The van der Waals surface area contributed by atoms with Gasteiger partial charge in [0, 0.05) is 23.4 Å². The number of nitrogens with zero attached hydrogens (tertiary/aromatic N) is 3. The molecule has 1 aromatic heterocycles. The number of para-hydroxylation sites is 1. The number of benzene rings is 4. The fourth-order valence-electron chi connectivity index (χ4n) is 4.34. The van der Waals surface area contributed by atoms with Gasteiger partial charge in [-0.2, -0.15) is 10.2 Å². The van der Waals surface area contributed by atoms with E-state index in [9.17, 15) is 13.2 Å². The summed E-state index contributed by atoms with van der Waals surface area (Å²) in [6.07, 6.45) is -3.08. The van der Waals surface area contributed by atoms with Crippen molar-refractivity contribution < 1.29 is 17.9 Å². The standard InChI is InChI=1S/C28H21ClF3N5OS/c1-16-4-3-5-23(29)24(16)34-27(39)35-33-15-17-6-12-21-19(14-17)9-13-22-25(21)36-37(2)26(22)18-7-10-20(11-8-18)38-28(30,31)32/h3-15H,1-2H3,(H2,34,35,39). The molecule has 0 saturated heterocycles. The second-order valence-corrected chi connectivity index (χ2v) is 9.56. The van der Waals surface area contributed by atoms with E-state index < -0.39 is 6.36 Å². The maximum Gasteiger partial charge on any atom is 0.573 e. The molecule has 0 aliphatic heterocycles.